The van der Waals surface area contributed by atoms with Crippen LogP contribution in [0.2, 0.25) is 0 Å². The Labute approximate surface area is 154 Å². The molecule has 2 heterocycles. The lowest BCUT2D eigenvalue weighted by Gasteiger charge is -2.12. The van der Waals surface area contributed by atoms with Crippen molar-refractivity contribution in [3.63, 3.8) is 0 Å². The van der Waals surface area contributed by atoms with E-state index < -0.39 is 11.9 Å². The fourth-order valence-corrected chi connectivity index (χ4v) is 2.34. The zero-order valence-corrected chi connectivity index (χ0v) is 14.5. The van der Waals surface area contributed by atoms with E-state index in [9.17, 15) is 13.2 Å². The fourth-order valence-electron chi connectivity index (χ4n) is 2.34. The molecule has 0 aliphatic rings. The molecule has 0 bridgehead atoms. The minimum Gasteiger partial charge on any atom is -0.377 e. The minimum atomic E-state index is -4.58. The van der Waals surface area contributed by atoms with Gasteiger partial charge in [0.2, 0.25) is 0 Å². The van der Waals surface area contributed by atoms with Crippen LogP contribution in [0.15, 0.2) is 54.9 Å². The van der Waals surface area contributed by atoms with Crippen LogP contribution in [0.5, 0.6) is 0 Å². The first-order valence-electron chi connectivity index (χ1n) is 8.26. The molecule has 2 aromatic heterocycles. The molecule has 0 unspecified atom stereocenters. The summed E-state index contributed by atoms with van der Waals surface area (Å²) in [4.78, 5) is 11.7. The zero-order chi connectivity index (χ0) is 19.3. The van der Waals surface area contributed by atoms with Crippen LogP contribution in [0.1, 0.15) is 18.2 Å². The van der Waals surface area contributed by atoms with Crippen molar-refractivity contribution in [2.45, 2.75) is 19.7 Å². The first-order valence-corrected chi connectivity index (χ1v) is 8.26. The number of rotatable bonds is 6. The quantitative estimate of drug-likeness (QED) is 0.669. The molecule has 5 nitrogen and oxygen atoms in total. The van der Waals surface area contributed by atoms with E-state index >= 15 is 0 Å². The molecule has 3 aromatic rings. The number of pyridine rings is 1. The van der Waals surface area contributed by atoms with Gasteiger partial charge in [0.25, 0.3) is 0 Å². The van der Waals surface area contributed by atoms with Gasteiger partial charge in [-0.2, -0.15) is 13.2 Å². The van der Waals surface area contributed by atoms with E-state index in [4.69, 9.17) is 4.74 Å². The van der Waals surface area contributed by atoms with Gasteiger partial charge in [-0.1, -0.05) is 12.1 Å². The second kappa shape index (κ2) is 8.13. The topological polar surface area (TPSA) is 59.9 Å². The number of hydrogen-bond donors (Lipinski definition) is 1. The highest BCUT2D eigenvalue weighted by Crippen LogP contribution is 2.31. The number of nitrogens with zero attached hydrogens (tertiary/aromatic N) is 3. The maximum atomic E-state index is 13.2. The van der Waals surface area contributed by atoms with Crippen molar-refractivity contribution in [2.24, 2.45) is 0 Å². The molecule has 140 valence electrons. The molecule has 0 saturated carbocycles. The van der Waals surface area contributed by atoms with Gasteiger partial charge in [-0.3, -0.25) is 4.98 Å². The number of halogens is 3. The lowest BCUT2D eigenvalue weighted by Crippen LogP contribution is -2.11. The van der Waals surface area contributed by atoms with E-state index in [-0.39, 0.29) is 11.6 Å². The normalized spacial score (nSPS) is 11.4. The van der Waals surface area contributed by atoms with Gasteiger partial charge in [0.1, 0.15) is 5.82 Å². The molecule has 0 aliphatic carbocycles. The van der Waals surface area contributed by atoms with Crippen molar-refractivity contribution in [3.8, 4) is 11.4 Å². The Hall–Kier alpha value is -3.00. The Morgan fingerprint density at radius 1 is 1.00 bits per heavy atom. The molecule has 1 aromatic carbocycles. The van der Waals surface area contributed by atoms with E-state index in [0.29, 0.717) is 24.5 Å². The van der Waals surface area contributed by atoms with Gasteiger partial charge in [-0.15, -0.1) is 0 Å². The monoisotopic (exact) mass is 374 g/mol. The maximum Gasteiger partial charge on any atom is 0.433 e. The summed E-state index contributed by atoms with van der Waals surface area (Å²) in [6, 6.07) is 11.2. The molecule has 27 heavy (non-hydrogen) atoms. The largest absolute Gasteiger partial charge is 0.433 e. The van der Waals surface area contributed by atoms with Crippen molar-refractivity contribution in [1.29, 1.82) is 0 Å². The molecule has 0 atom stereocenters. The molecule has 1 N–H and O–H groups in total. The number of nitrogens with one attached hydrogen (secondary N) is 1. The Morgan fingerprint density at radius 2 is 1.70 bits per heavy atom. The van der Waals surface area contributed by atoms with Crippen LogP contribution in [-0.2, 0) is 17.5 Å². The van der Waals surface area contributed by atoms with Crippen LogP contribution in [0.4, 0.5) is 24.7 Å². The highest BCUT2D eigenvalue weighted by molar-refractivity contribution is 5.61. The van der Waals surface area contributed by atoms with Crippen molar-refractivity contribution >= 4 is 11.5 Å². The van der Waals surface area contributed by atoms with Gasteiger partial charge in [0, 0.05) is 36.3 Å². The average molecular weight is 374 g/mol. The molecule has 0 radical (unpaired) electrons. The molecular formula is C19H17F3N4O. The number of hydrogen-bond acceptors (Lipinski definition) is 5. The Bertz CT molecular complexity index is 884. The summed E-state index contributed by atoms with van der Waals surface area (Å²) >= 11 is 0. The summed E-state index contributed by atoms with van der Waals surface area (Å²) < 4.78 is 45.0. The highest BCUT2D eigenvalue weighted by Gasteiger charge is 2.33. The van der Waals surface area contributed by atoms with Crippen molar-refractivity contribution in [3.05, 3.63) is 66.1 Å². The lowest BCUT2D eigenvalue weighted by molar-refractivity contribution is -0.141. The molecule has 0 fully saturated rings. The Kier molecular flexibility index (Phi) is 5.66. The van der Waals surface area contributed by atoms with Crippen LogP contribution < -0.4 is 5.32 Å². The third-order valence-corrected chi connectivity index (χ3v) is 3.65. The number of alkyl halides is 3. The lowest BCUT2D eigenvalue weighted by atomic mass is 10.2. The third-order valence-electron chi connectivity index (χ3n) is 3.65. The van der Waals surface area contributed by atoms with Crippen molar-refractivity contribution in [2.75, 3.05) is 11.9 Å². The first-order chi connectivity index (χ1) is 13.0. The highest BCUT2D eigenvalue weighted by atomic mass is 19.4. The van der Waals surface area contributed by atoms with E-state index in [1.54, 1.807) is 24.3 Å². The predicted molar refractivity (Wildman–Crippen MR) is 95.3 cm³/mol. The summed E-state index contributed by atoms with van der Waals surface area (Å²) in [5.41, 5.74) is 1.02. The molecular weight excluding hydrogens is 357 g/mol. The van der Waals surface area contributed by atoms with E-state index in [1.165, 1.54) is 12.4 Å². The van der Waals surface area contributed by atoms with Gasteiger partial charge in [-0.05, 0) is 36.8 Å². The molecule has 0 spiro atoms. The molecule has 0 amide bonds. The maximum absolute atomic E-state index is 13.2. The van der Waals surface area contributed by atoms with Crippen LogP contribution in [-0.4, -0.2) is 21.6 Å². The summed E-state index contributed by atoms with van der Waals surface area (Å²) in [7, 11) is 0. The second-order valence-electron chi connectivity index (χ2n) is 5.65. The van der Waals surface area contributed by atoms with Gasteiger partial charge >= 0.3 is 6.18 Å². The average Bonchev–Trinajstić information content (AvgIpc) is 2.67. The standard InChI is InChI=1S/C19H17F3N4O/c1-2-27-12-13-3-5-15(6-4-13)24-17-11-16(19(20,21)22)25-18(26-17)14-7-9-23-10-8-14/h3-11H,2,12H2,1H3,(H,24,25,26). The van der Waals surface area contributed by atoms with Gasteiger partial charge < -0.3 is 10.1 Å². The summed E-state index contributed by atoms with van der Waals surface area (Å²) in [5, 5.41) is 2.90. The van der Waals surface area contributed by atoms with Crippen LogP contribution in [0.3, 0.4) is 0 Å². The molecule has 3 rings (SSSR count). The number of anilines is 2. The SMILES string of the molecule is CCOCc1ccc(Nc2cc(C(F)(F)F)nc(-c3ccncc3)n2)cc1. The van der Waals surface area contributed by atoms with Crippen LogP contribution in [0.25, 0.3) is 11.4 Å². The summed E-state index contributed by atoms with van der Waals surface area (Å²) in [5.74, 6) is 0.0318. The van der Waals surface area contributed by atoms with Gasteiger partial charge in [0.15, 0.2) is 11.5 Å². The molecule has 0 saturated heterocycles. The minimum absolute atomic E-state index is 0.0253. The van der Waals surface area contributed by atoms with Gasteiger partial charge in [0.05, 0.1) is 6.61 Å². The van der Waals surface area contributed by atoms with E-state index in [2.05, 4.69) is 20.3 Å². The summed E-state index contributed by atoms with van der Waals surface area (Å²) in [6.45, 7) is 3.00. The summed E-state index contributed by atoms with van der Waals surface area (Å²) in [6.07, 6.45) is -1.63. The Morgan fingerprint density at radius 3 is 2.33 bits per heavy atom. The van der Waals surface area contributed by atoms with Gasteiger partial charge in [-0.25, -0.2) is 9.97 Å². The Balaban J connectivity index is 1.90. The number of ether oxygens (including phenoxy) is 1. The smallest absolute Gasteiger partial charge is 0.377 e. The van der Waals surface area contributed by atoms with E-state index in [1.807, 2.05) is 19.1 Å². The predicted octanol–water partition coefficient (Wildman–Crippen LogP) is 4.84. The van der Waals surface area contributed by atoms with E-state index in [0.717, 1.165) is 11.6 Å². The van der Waals surface area contributed by atoms with Crippen LogP contribution in [0, 0.1) is 0 Å². The molecule has 8 heteroatoms. The number of benzene rings is 1. The van der Waals surface area contributed by atoms with Crippen molar-refractivity contribution in [1.82, 2.24) is 15.0 Å². The number of aromatic nitrogens is 3. The van der Waals surface area contributed by atoms with Crippen molar-refractivity contribution < 1.29 is 17.9 Å². The fraction of sp³-hybridized carbons (Fsp3) is 0.211. The van der Waals surface area contributed by atoms with Crippen LogP contribution >= 0.6 is 0 Å². The first kappa shape index (κ1) is 18.8. The molecule has 0 aliphatic heterocycles. The zero-order valence-electron chi connectivity index (χ0n) is 14.5. The second-order valence-corrected chi connectivity index (χ2v) is 5.65. The third kappa shape index (κ3) is 5.01.